The minimum atomic E-state index is -0.713. The number of hydrogen-bond donors (Lipinski definition) is 3. The van der Waals surface area contributed by atoms with Crippen LogP contribution in [0.1, 0.15) is 39.0 Å². The van der Waals surface area contributed by atoms with Crippen LogP contribution in [-0.2, 0) is 9.47 Å². The number of nitrogens with zero attached hydrogens (tertiary/aromatic N) is 3. The number of nitrogen functional groups attached to an aromatic ring is 2. The van der Waals surface area contributed by atoms with E-state index in [0.29, 0.717) is 12.0 Å². The van der Waals surface area contributed by atoms with E-state index in [-0.39, 0.29) is 22.4 Å². The molecule has 0 radical (unpaired) electrons. The van der Waals surface area contributed by atoms with E-state index in [1.165, 1.54) is 16.3 Å². The summed E-state index contributed by atoms with van der Waals surface area (Å²) >= 11 is 3.43. The summed E-state index contributed by atoms with van der Waals surface area (Å²) in [5.41, 5.74) is 9.51. The third kappa shape index (κ3) is 8.28. The van der Waals surface area contributed by atoms with Crippen molar-refractivity contribution in [1.82, 2.24) is 19.5 Å². The van der Waals surface area contributed by atoms with Gasteiger partial charge in [0.25, 0.3) is 0 Å². The Bertz CT molecular complexity index is 1020. The van der Waals surface area contributed by atoms with Crippen LogP contribution in [0.4, 0.5) is 20.4 Å². The molecular weight excluding hydrogens is 478 g/mol. The molecule has 0 aromatic carbocycles. The van der Waals surface area contributed by atoms with E-state index in [1.54, 1.807) is 0 Å². The second-order valence-corrected chi connectivity index (χ2v) is 9.94. The highest BCUT2D eigenvalue weighted by molar-refractivity contribution is 8.00. The van der Waals surface area contributed by atoms with E-state index in [2.05, 4.69) is 23.8 Å². The zero-order chi connectivity index (χ0) is 24.5. The fourth-order valence-electron chi connectivity index (χ4n) is 2.65. The van der Waals surface area contributed by atoms with Crippen molar-refractivity contribution < 1.29 is 18.3 Å². The van der Waals surface area contributed by atoms with Crippen molar-refractivity contribution in [2.75, 3.05) is 24.7 Å². The molecule has 2 aromatic heterocycles. The Balaban J connectivity index is 0.000000192. The number of aromatic nitrogens is 4. The Labute approximate surface area is 197 Å². The Hall–Kier alpha value is -2.16. The molecule has 10 nitrogen and oxygen atoms in total. The quantitative estimate of drug-likeness (QED) is 0.566. The molecule has 2 aromatic rings. The van der Waals surface area contributed by atoms with E-state index in [1.807, 2.05) is 23.7 Å². The first-order chi connectivity index (χ1) is 15.6. The number of hydrogen-bond acceptors (Lipinski definition) is 10. The van der Waals surface area contributed by atoms with Gasteiger partial charge in [-0.2, -0.15) is 9.97 Å². The number of halogens is 2. The summed E-state index contributed by atoms with van der Waals surface area (Å²) < 4.78 is 37.4. The monoisotopic (exact) mass is 506 g/mol. The van der Waals surface area contributed by atoms with Gasteiger partial charge in [0.15, 0.2) is 17.5 Å². The average molecular weight is 507 g/mol. The molecule has 0 spiro atoms. The molecule has 2 saturated heterocycles. The highest BCUT2D eigenvalue weighted by Crippen LogP contribution is 2.36. The SMILES string of the molecule is CCC1OCC(C)S1.CCC1OCC(n2cc(F)c(N)nc2=O)S1.Nc1[nH]c(=O)ncc1F. The van der Waals surface area contributed by atoms with Gasteiger partial charge in [-0.05, 0) is 12.8 Å². The lowest BCUT2D eigenvalue weighted by Crippen LogP contribution is -2.27. The largest absolute Gasteiger partial charge is 0.383 e. The fraction of sp³-hybridized carbons (Fsp3) is 0.579. The number of thioether (sulfide) groups is 2. The van der Waals surface area contributed by atoms with Gasteiger partial charge in [0, 0.05) is 11.4 Å². The number of H-pyrrole nitrogens is 1. The summed E-state index contributed by atoms with van der Waals surface area (Å²) in [5, 5.41) is 0.500. The lowest BCUT2D eigenvalue weighted by atomic mass is 10.5. The van der Waals surface area contributed by atoms with Crippen LogP contribution in [0.15, 0.2) is 22.0 Å². The maximum absolute atomic E-state index is 13.2. The number of aromatic amines is 1. The fourth-order valence-corrected chi connectivity index (χ4v) is 4.82. The van der Waals surface area contributed by atoms with Gasteiger partial charge in [-0.1, -0.05) is 20.8 Å². The highest BCUT2D eigenvalue weighted by atomic mass is 32.2. The van der Waals surface area contributed by atoms with Gasteiger partial charge < -0.3 is 20.9 Å². The molecule has 4 atom stereocenters. The first-order valence-electron chi connectivity index (χ1n) is 10.2. The number of nitrogens with one attached hydrogen (secondary N) is 1. The van der Waals surface area contributed by atoms with Crippen LogP contribution < -0.4 is 22.8 Å². The van der Waals surface area contributed by atoms with Crippen LogP contribution in [0.2, 0.25) is 0 Å². The molecule has 2 fully saturated rings. The van der Waals surface area contributed by atoms with Gasteiger partial charge in [0.1, 0.15) is 22.1 Å². The van der Waals surface area contributed by atoms with Gasteiger partial charge in [0.2, 0.25) is 0 Å². The predicted octanol–water partition coefficient (Wildman–Crippen LogP) is 2.33. The highest BCUT2D eigenvalue weighted by Gasteiger charge is 2.27. The third-order valence-corrected chi connectivity index (χ3v) is 7.16. The van der Waals surface area contributed by atoms with Crippen molar-refractivity contribution in [3.05, 3.63) is 45.0 Å². The summed E-state index contributed by atoms with van der Waals surface area (Å²) in [4.78, 5) is 30.2. The smallest absolute Gasteiger partial charge is 0.350 e. The summed E-state index contributed by atoms with van der Waals surface area (Å²) in [7, 11) is 0. The van der Waals surface area contributed by atoms with Crippen molar-refractivity contribution in [3.63, 3.8) is 0 Å². The zero-order valence-corrected chi connectivity index (χ0v) is 20.1. The molecule has 2 aliphatic heterocycles. The minimum Gasteiger partial charge on any atom is -0.383 e. The van der Waals surface area contributed by atoms with Crippen LogP contribution in [0.5, 0.6) is 0 Å². The Morgan fingerprint density at radius 2 is 1.76 bits per heavy atom. The van der Waals surface area contributed by atoms with Crippen molar-refractivity contribution in [2.24, 2.45) is 0 Å². The van der Waals surface area contributed by atoms with Crippen LogP contribution in [0.25, 0.3) is 0 Å². The van der Waals surface area contributed by atoms with Gasteiger partial charge in [-0.25, -0.2) is 18.4 Å². The minimum absolute atomic E-state index is 0.0533. The van der Waals surface area contributed by atoms with E-state index < -0.39 is 23.0 Å². The molecule has 0 bridgehead atoms. The molecule has 184 valence electrons. The number of rotatable bonds is 3. The van der Waals surface area contributed by atoms with Gasteiger partial charge in [-0.15, -0.1) is 23.5 Å². The molecule has 0 amide bonds. The first-order valence-corrected chi connectivity index (χ1v) is 12.1. The Kier molecular flexibility index (Phi) is 10.6. The number of nitrogens with two attached hydrogens (primary N) is 2. The average Bonchev–Trinajstić information content (AvgIpc) is 3.43. The third-order valence-electron chi connectivity index (χ3n) is 4.34. The second-order valence-electron chi connectivity index (χ2n) is 6.99. The second kappa shape index (κ2) is 12.9. The maximum Gasteiger partial charge on any atom is 0.350 e. The standard InChI is InChI=1S/C9H12FN3O2S.C6H12OS.C4H4FN3O/c1-2-7-15-4-6(16-7)13-3-5(10)8(11)12-9(13)14;1-3-6-7-4-5(2)8-6;5-2-1-7-4(9)8-3(2)6/h3,6-7H,2,4H2,1H3,(H2,11,12,14);5-6H,3-4H2,1-2H3;1H,(H3,6,7,8,9). The van der Waals surface area contributed by atoms with Crippen molar-refractivity contribution in [2.45, 2.75) is 55.1 Å². The van der Waals surface area contributed by atoms with Crippen molar-refractivity contribution in [3.8, 4) is 0 Å². The molecule has 4 rings (SSSR count). The zero-order valence-electron chi connectivity index (χ0n) is 18.5. The summed E-state index contributed by atoms with van der Waals surface area (Å²) in [6, 6.07) is 0. The molecular formula is C19H28F2N6O4S2. The van der Waals surface area contributed by atoms with E-state index >= 15 is 0 Å². The Morgan fingerprint density at radius 3 is 2.24 bits per heavy atom. The van der Waals surface area contributed by atoms with Gasteiger partial charge in [0.05, 0.1) is 19.4 Å². The lowest BCUT2D eigenvalue weighted by Gasteiger charge is -2.11. The predicted molar refractivity (Wildman–Crippen MR) is 126 cm³/mol. The maximum atomic E-state index is 13.2. The molecule has 5 N–H and O–H groups in total. The number of anilines is 2. The van der Waals surface area contributed by atoms with Crippen LogP contribution in [0.3, 0.4) is 0 Å². The van der Waals surface area contributed by atoms with Crippen molar-refractivity contribution >= 4 is 35.2 Å². The normalized spacial score (nSPS) is 23.9. The van der Waals surface area contributed by atoms with Crippen LogP contribution in [0, 0.1) is 11.6 Å². The van der Waals surface area contributed by atoms with E-state index in [9.17, 15) is 18.4 Å². The number of ether oxygens (including phenoxy) is 2. The Morgan fingerprint density at radius 1 is 1.12 bits per heavy atom. The molecule has 0 aliphatic carbocycles. The molecule has 33 heavy (non-hydrogen) atoms. The summed E-state index contributed by atoms with van der Waals surface area (Å²) in [5.74, 6) is -2.04. The molecule has 4 unspecified atom stereocenters. The van der Waals surface area contributed by atoms with E-state index in [0.717, 1.165) is 37.1 Å². The molecule has 14 heteroatoms. The molecule has 4 heterocycles. The summed E-state index contributed by atoms with van der Waals surface area (Å²) in [6.45, 7) is 7.69. The topological polar surface area (TPSA) is 151 Å². The van der Waals surface area contributed by atoms with Gasteiger partial charge >= 0.3 is 11.4 Å². The molecule has 2 aliphatic rings. The van der Waals surface area contributed by atoms with Crippen molar-refractivity contribution in [1.29, 1.82) is 0 Å². The van der Waals surface area contributed by atoms with Gasteiger partial charge in [-0.3, -0.25) is 9.55 Å². The van der Waals surface area contributed by atoms with Crippen LogP contribution in [-0.4, -0.2) is 48.9 Å². The van der Waals surface area contributed by atoms with Crippen LogP contribution >= 0.6 is 23.5 Å². The molecule has 0 saturated carbocycles. The lowest BCUT2D eigenvalue weighted by molar-refractivity contribution is 0.122. The van der Waals surface area contributed by atoms with E-state index in [4.69, 9.17) is 20.9 Å². The summed E-state index contributed by atoms with van der Waals surface area (Å²) in [6.07, 6.45) is 3.85. The first kappa shape index (κ1) is 27.1.